The minimum absolute atomic E-state index is 0.0729. The maximum atomic E-state index is 11.2. The molecule has 0 aliphatic carbocycles. The maximum absolute atomic E-state index is 11.2. The number of hydrogen-bond acceptors (Lipinski definition) is 2. The van der Waals surface area contributed by atoms with Crippen molar-refractivity contribution >= 4 is 5.91 Å². The number of amides is 1. The Balaban J connectivity index is 0. The Hall–Kier alpha value is -0.570. The first-order valence-electron chi connectivity index (χ1n) is 5.50. The lowest BCUT2D eigenvalue weighted by molar-refractivity contribution is -0.138. The van der Waals surface area contributed by atoms with E-state index in [4.69, 9.17) is 0 Å². The van der Waals surface area contributed by atoms with E-state index in [-0.39, 0.29) is 11.4 Å². The fraction of sp³-hybridized carbons (Fsp3) is 0.909. The molecule has 0 rings (SSSR count). The number of carbonyl (C=O) groups is 1. The Morgan fingerprint density at radius 1 is 1.29 bits per heavy atom. The standard InChI is InChI=1S/C9H20N2O.C2H6/c1-6-9(4,5)11(8(3)12)10-7-2;1-2/h10H,6-7H2,1-5H3;1-2H3. The van der Waals surface area contributed by atoms with Crippen molar-refractivity contribution in [3.05, 3.63) is 0 Å². The number of nitrogens with one attached hydrogen (secondary N) is 1. The summed E-state index contributed by atoms with van der Waals surface area (Å²) in [6.07, 6.45) is 0.944. The van der Waals surface area contributed by atoms with Crippen molar-refractivity contribution in [3.8, 4) is 0 Å². The average Bonchev–Trinajstić information content (AvgIpc) is 2.16. The van der Waals surface area contributed by atoms with Gasteiger partial charge in [-0.15, -0.1) is 0 Å². The van der Waals surface area contributed by atoms with Gasteiger partial charge in [-0.3, -0.25) is 9.80 Å². The first-order chi connectivity index (χ1) is 6.45. The molecule has 0 unspecified atom stereocenters. The number of hydrogen-bond donors (Lipinski definition) is 1. The molecule has 0 atom stereocenters. The van der Waals surface area contributed by atoms with Crippen molar-refractivity contribution in [1.29, 1.82) is 0 Å². The summed E-state index contributed by atoms with van der Waals surface area (Å²) in [5.74, 6) is 0.0729. The van der Waals surface area contributed by atoms with E-state index in [1.807, 2.05) is 20.8 Å². The van der Waals surface area contributed by atoms with E-state index in [0.717, 1.165) is 13.0 Å². The molecule has 86 valence electrons. The van der Waals surface area contributed by atoms with Crippen LogP contribution in [0.25, 0.3) is 0 Å². The van der Waals surface area contributed by atoms with Crippen LogP contribution >= 0.6 is 0 Å². The van der Waals surface area contributed by atoms with Crippen LogP contribution in [0.15, 0.2) is 0 Å². The molecule has 0 aliphatic heterocycles. The first-order valence-corrected chi connectivity index (χ1v) is 5.50. The molecule has 0 heterocycles. The summed E-state index contributed by atoms with van der Waals surface area (Å²) in [6.45, 7) is 14.5. The highest BCUT2D eigenvalue weighted by molar-refractivity contribution is 5.73. The molecule has 0 fully saturated rings. The largest absolute Gasteiger partial charge is 0.274 e. The quantitative estimate of drug-likeness (QED) is 0.711. The fourth-order valence-electron chi connectivity index (χ4n) is 1.07. The summed E-state index contributed by atoms with van der Waals surface area (Å²) in [7, 11) is 0. The second-order valence-electron chi connectivity index (χ2n) is 3.53. The fourth-order valence-corrected chi connectivity index (χ4v) is 1.07. The van der Waals surface area contributed by atoms with E-state index in [0.29, 0.717) is 0 Å². The SMILES string of the molecule is CC.CCNN(C(C)=O)C(C)(C)CC. The van der Waals surface area contributed by atoms with Gasteiger partial charge in [0, 0.05) is 13.5 Å². The van der Waals surface area contributed by atoms with E-state index in [1.54, 1.807) is 11.9 Å². The van der Waals surface area contributed by atoms with Gasteiger partial charge >= 0.3 is 0 Å². The predicted octanol–water partition coefficient (Wildman–Crippen LogP) is 2.57. The van der Waals surface area contributed by atoms with Gasteiger partial charge in [0.05, 0.1) is 5.54 Å². The molecule has 0 aromatic rings. The second kappa shape index (κ2) is 7.80. The molecule has 1 N–H and O–H groups in total. The Morgan fingerprint density at radius 2 is 1.71 bits per heavy atom. The van der Waals surface area contributed by atoms with Gasteiger partial charge in [-0.2, -0.15) is 0 Å². The zero-order valence-electron chi connectivity index (χ0n) is 10.8. The third-order valence-corrected chi connectivity index (χ3v) is 2.10. The van der Waals surface area contributed by atoms with Crippen molar-refractivity contribution in [1.82, 2.24) is 10.4 Å². The molecule has 0 aliphatic rings. The molecule has 0 bridgehead atoms. The number of nitrogens with zero attached hydrogens (tertiary/aromatic N) is 1. The molecule has 14 heavy (non-hydrogen) atoms. The maximum Gasteiger partial charge on any atom is 0.234 e. The molecule has 0 radical (unpaired) electrons. The molecular formula is C11H26N2O. The van der Waals surface area contributed by atoms with E-state index in [1.165, 1.54) is 0 Å². The van der Waals surface area contributed by atoms with Crippen molar-refractivity contribution in [2.75, 3.05) is 6.54 Å². The van der Waals surface area contributed by atoms with E-state index in [9.17, 15) is 4.79 Å². The lowest BCUT2D eigenvalue weighted by Gasteiger charge is -2.37. The van der Waals surface area contributed by atoms with Crippen LogP contribution in [0, 0.1) is 0 Å². The topological polar surface area (TPSA) is 32.3 Å². The highest BCUT2D eigenvalue weighted by atomic mass is 16.2. The number of rotatable bonds is 4. The van der Waals surface area contributed by atoms with Crippen molar-refractivity contribution in [2.45, 2.75) is 60.4 Å². The van der Waals surface area contributed by atoms with Gasteiger partial charge in [0.15, 0.2) is 0 Å². The molecule has 3 heteroatoms. The van der Waals surface area contributed by atoms with Gasteiger partial charge in [0.25, 0.3) is 0 Å². The average molecular weight is 202 g/mol. The van der Waals surface area contributed by atoms with Gasteiger partial charge in [-0.25, -0.2) is 5.43 Å². The van der Waals surface area contributed by atoms with Gasteiger partial charge in [0.2, 0.25) is 5.91 Å². The minimum atomic E-state index is -0.0954. The molecule has 0 aromatic carbocycles. The van der Waals surface area contributed by atoms with Crippen molar-refractivity contribution in [3.63, 3.8) is 0 Å². The van der Waals surface area contributed by atoms with Crippen LogP contribution in [-0.4, -0.2) is 23.0 Å². The minimum Gasteiger partial charge on any atom is -0.274 e. The third kappa shape index (κ3) is 5.22. The Bertz CT molecular complexity index is 155. The molecule has 0 aromatic heterocycles. The molecule has 1 amide bonds. The summed E-state index contributed by atoms with van der Waals surface area (Å²) in [4.78, 5) is 11.2. The second-order valence-corrected chi connectivity index (χ2v) is 3.53. The Kier molecular flexibility index (Phi) is 8.85. The van der Waals surface area contributed by atoms with E-state index in [2.05, 4.69) is 26.2 Å². The lowest BCUT2D eigenvalue weighted by Crippen LogP contribution is -2.54. The van der Waals surface area contributed by atoms with Gasteiger partial charge in [-0.1, -0.05) is 27.7 Å². The van der Waals surface area contributed by atoms with E-state index >= 15 is 0 Å². The monoisotopic (exact) mass is 202 g/mol. The molecular weight excluding hydrogens is 176 g/mol. The summed E-state index contributed by atoms with van der Waals surface area (Å²) in [5.41, 5.74) is 2.96. The highest BCUT2D eigenvalue weighted by Crippen LogP contribution is 2.15. The van der Waals surface area contributed by atoms with Crippen molar-refractivity contribution < 1.29 is 4.79 Å². The summed E-state index contributed by atoms with van der Waals surface area (Å²) < 4.78 is 0. The van der Waals surface area contributed by atoms with Crippen LogP contribution in [0.5, 0.6) is 0 Å². The van der Waals surface area contributed by atoms with Crippen LogP contribution < -0.4 is 5.43 Å². The summed E-state index contributed by atoms with van der Waals surface area (Å²) in [6, 6.07) is 0. The van der Waals surface area contributed by atoms with Gasteiger partial charge in [0.1, 0.15) is 0 Å². The van der Waals surface area contributed by atoms with Gasteiger partial charge in [-0.05, 0) is 20.3 Å². The zero-order valence-corrected chi connectivity index (χ0v) is 10.8. The molecule has 0 spiro atoms. The summed E-state index contributed by atoms with van der Waals surface area (Å²) in [5, 5.41) is 1.70. The molecule has 3 nitrogen and oxygen atoms in total. The lowest BCUT2D eigenvalue weighted by atomic mass is 10.0. The predicted molar refractivity (Wildman–Crippen MR) is 61.9 cm³/mol. The first kappa shape index (κ1) is 15.9. The van der Waals surface area contributed by atoms with Crippen LogP contribution in [0.2, 0.25) is 0 Å². The van der Waals surface area contributed by atoms with Crippen LogP contribution in [0.1, 0.15) is 54.9 Å². The normalized spacial score (nSPS) is 10.2. The van der Waals surface area contributed by atoms with Crippen LogP contribution in [0.3, 0.4) is 0 Å². The number of carbonyl (C=O) groups excluding carboxylic acids is 1. The van der Waals surface area contributed by atoms with Crippen molar-refractivity contribution in [2.24, 2.45) is 0 Å². The van der Waals surface area contributed by atoms with E-state index < -0.39 is 0 Å². The van der Waals surface area contributed by atoms with Crippen LogP contribution in [0.4, 0.5) is 0 Å². The molecule has 0 saturated heterocycles. The van der Waals surface area contributed by atoms with Gasteiger partial charge < -0.3 is 0 Å². The van der Waals surface area contributed by atoms with Crippen LogP contribution in [-0.2, 0) is 4.79 Å². The third-order valence-electron chi connectivity index (χ3n) is 2.10. The summed E-state index contributed by atoms with van der Waals surface area (Å²) >= 11 is 0. The molecule has 0 saturated carbocycles. The number of hydrazine groups is 1. The Morgan fingerprint density at radius 3 is 1.93 bits per heavy atom. The smallest absolute Gasteiger partial charge is 0.234 e. The highest BCUT2D eigenvalue weighted by Gasteiger charge is 2.26. The zero-order chi connectivity index (χ0) is 11.8. The Labute approximate surface area is 88.8 Å².